The van der Waals surface area contributed by atoms with E-state index in [0.29, 0.717) is 17.7 Å². The molecule has 0 aliphatic heterocycles. The summed E-state index contributed by atoms with van der Waals surface area (Å²) in [7, 11) is 1.55. The van der Waals surface area contributed by atoms with Crippen LogP contribution < -0.4 is 15.5 Å². The number of carbonyl (C=O) groups excluding carboxylic acids is 1. The predicted octanol–water partition coefficient (Wildman–Crippen LogP) is 3.52. The fourth-order valence-corrected chi connectivity index (χ4v) is 3.03. The van der Waals surface area contributed by atoms with E-state index in [-0.39, 0.29) is 22.9 Å². The number of amides is 1. The molecule has 26 heavy (non-hydrogen) atoms. The van der Waals surface area contributed by atoms with Crippen molar-refractivity contribution in [2.75, 3.05) is 7.11 Å². The van der Waals surface area contributed by atoms with E-state index in [0.717, 1.165) is 11.1 Å². The Bertz CT molecular complexity index is 993. The third kappa shape index (κ3) is 3.33. The molecule has 1 unspecified atom stereocenters. The van der Waals surface area contributed by atoms with Crippen LogP contribution in [0.3, 0.4) is 0 Å². The smallest absolute Gasteiger partial charge is 0.257 e. The van der Waals surface area contributed by atoms with Crippen LogP contribution >= 0.6 is 0 Å². The van der Waals surface area contributed by atoms with Crippen LogP contribution in [0.2, 0.25) is 0 Å². The SMILES string of the molecule is CCn1cc(C(=O)NC(C)c2ccccc2)c(=O)c2cc(OC)ccc21. The summed E-state index contributed by atoms with van der Waals surface area (Å²) in [6.45, 7) is 4.52. The number of benzene rings is 2. The molecule has 0 saturated heterocycles. The first-order chi connectivity index (χ1) is 12.5. The van der Waals surface area contributed by atoms with E-state index in [1.54, 1.807) is 19.4 Å². The number of nitrogens with zero attached hydrogens (tertiary/aromatic N) is 1. The van der Waals surface area contributed by atoms with Gasteiger partial charge >= 0.3 is 0 Å². The molecule has 1 atom stereocenters. The number of carbonyl (C=O) groups is 1. The van der Waals surface area contributed by atoms with E-state index in [1.165, 1.54) is 0 Å². The van der Waals surface area contributed by atoms with Crippen molar-refractivity contribution >= 4 is 16.8 Å². The molecule has 0 aliphatic carbocycles. The third-order valence-corrected chi connectivity index (χ3v) is 4.52. The highest BCUT2D eigenvalue weighted by molar-refractivity contribution is 5.97. The Balaban J connectivity index is 2.02. The molecular weight excluding hydrogens is 328 g/mol. The lowest BCUT2D eigenvalue weighted by Gasteiger charge is -2.16. The summed E-state index contributed by atoms with van der Waals surface area (Å²) >= 11 is 0. The minimum Gasteiger partial charge on any atom is -0.497 e. The second kappa shape index (κ2) is 7.44. The summed E-state index contributed by atoms with van der Waals surface area (Å²) in [4.78, 5) is 25.7. The zero-order valence-corrected chi connectivity index (χ0v) is 15.2. The highest BCUT2D eigenvalue weighted by atomic mass is 16.5. The normalized spacial score (nSPS) is 12.0. The van der Waals surface area contributed by atoms with Crippen molar-refractivity contribution in [1.82, 2.24) is 9.88 Å². The monoisotopic (exact) mass is 350 g/mol. The fourth-order valence-electron chi connectivity index (χ4n) is 3.03. The second-order valence-corrected chi connectivity index (χ2v) is 6.15. The maximum Gasteiger partial charge on any atom is 0.257 e. The van der Waals surface area contributed by atoms with Gasteiger partial charge in [0.2, 0.25) is 5.43 Å². The highest BCUT2D eigenvalue weighted by Crippen LogP contribution is 2.19. The molecule has 1 amide bonds. The average molecular weight is 350 g/mol. The molecule has 5 heteroatoms. The number of fused-ring (bicyclic) bond motifs is 1. The molecule has 0 fully saturated rings. The predicted molar refractivity (Wildman–Crippen MR) is 103 cm³/mol. The van der Waals surface area contributed by atoms with Gasteiger partial charge in [0.25, 0.3) is 5.91 Å². The number of hydrogen-bond donors (Lipinski definition) is 1. The van der Waals surface area contributed by atoms with Gasteiger partial charge in [-0.25, -0.2) is 0 Å². The topological polar surface area (TPSA) is 60.3 Å². The first kappa shape index (κ1) is 17.7. The Morgan fingerprint density at radius 1 is 1.19 bits per heavy atom. The van der Waals surface area contributed by atoms with E-state index >= 15 is 0 Å². The van der Waals surface area contributed by atoms with E-state index in [1.807, 2.05) is 60.9 Å². The zero-order chi connectivity index (χ0) is 18.7. The molecule has 3 rings (SSSR count). The van der Waals surface area contributed by atoms with Crippen molar-refractivity contribution in [3.05, 3.63) is 76.1 Å². The molecule has 0 bridgehead atoms. The highest BCUT2D eigenvalue weighted by Gasteiger charge is 2.18. The number of rotatable bonds is 5. The number of methoxy groups -OCH3 is 1. The van der Waals surface area contributed by atoms with Crippen LogP contribution in [0.15, 0.2) is 59.5 Å². The summed E-state index contributed by atoms with van der Waals surface area (Å²) < 4.78 is 7.13. The van der Waals surface area contributed by atoms with Crippen molar-refractivity contribution < 1.29 is 9.53 Å². The van der Waals surface area contributed by atoms with Gasteiger partial charge in [-0.3, -0.25) is 9.59 Å². The molecule has 0 saturated carbocycles. The van der Waals surface area contributed by atoms with Crippen molar-refractivity contribution in [2.45, 2.75) is 26.4 Å². The lowest BCUT2D eigenvalue weighted by atomic mass is 10.1. The zero-order valence-electron chi connectivity index (χ0n) is 15.2. The van der Waals surface area contributed by atoms with Crippen molar-refractivity contribution in [1.29, 1.82) is 0 Å². The molecule has 3 aromatic rings. The largest absolute Gasteiger partial charge is 0.497 e. The van der Waals surface area contributed by atoms with E-state index in [2.05, 4.69) is 5.32 Å². The van der Waals surface area contributed by atoms with E-state index < -0.39 is 0 Å². The molecule has 1 N–H and O–H groups in total. The van der Waals surface area contributed by atoms with E-state index in [4.69, 9.17) is 4.74 Å². The van der Waals surface area contributed by atoms with Crippen molar-refractivity contribution in [2.24, 2.45) is 0 Å². The molecule has 134 valence electrons. The van der Waals surface area contributed by atoms with Gasteiger partial charge in [0.1, 0.15) is 11.3 Å². The van der Waals surface area contributed by atoms with Gasteiger partial charge in [0.15, 0.2) is 0 Å². The van der Waals surface area contributed by atoms with Gasteiger partial charge in [0.05, 0.1) is 24.1 Å². The summed E-state index contributed by atoms with van der Waals surface area (Å²) in [6.07, 6.45) is 1.63. The third-order valence-electron chi connectivity index (χ3n) is 4.52. The van der Waals surface area contributed by atoms with Gasteiger partial charge in [-0.2, -0.15) is 0 Å². The number of nitrogens with one attached hydrogen (secondary N) is 1. The van der Waals surface area contributed by atoms with E-state index in [9.17, 15) is 9.59 Å². The van der Waals surface area contributed by atoms with Gasteiger partial charge in [-0.1, -0.05) is 30.3 Å². The molecule has 1 heterocycles. The minimum absolute atomic E-state index is 0.135. The van der Waals surface area contributed by atoms with Gasteiger partial charge in [0, 0.05) is 12.7 Å². The Morgan fingerprint density at radius 2 is 1.92 bits per heavy atom. The summed E-state index contributed by atoms with van der Waals surface area (Å²) in [6, 6.07) is 14.8. The Hall–Kier alpha value is -3.08. The van der Waals surface area contributed by atoms with Crippen LogP contribution in [0.4, 0.5) is 0 Å². The molecule has 1 aromatic heterocycles. The molecule has 2 aromatic carbocycles. The average Bonchev–Trinajstić information content (AvgIpc) is 2.68. The van der Waals surface area contributed by atoms with Crippen LogP contribution in [-0.2, 0) is 6.54 Å². The lowest BCUT2D eigenvalue weighted by Crippen LogP contribution is -2.31. The van der Waals surface area contributed by atoms with Crippen LogP contribution in [0.5, 0.6) is 5.75 Å². The second-order valence-electron chi connectivity index (χ2n) is 6.15. The molecule has 0 aliphatic rings. The molecule has 0 radical (unpaired) electrons. The summed E-state index contributed by atoms with van der Waals surface area (Å²) in [5.74, 6) is 0.214. The maximum absolute atomic E-state index is 12.9. The van der Waals surface area contributed by atoms with Crippen LogP contribution in [0.1, 0.15) is 35.8 Å². The van der Waals surface area contributed by atoms with Crippen molar-refractivity contribution in [3.8, 4) is 5.75 Å². The van der Waals surface area contributed by atoms with Gasteiger partial charge in [-0.05, 0) is 37.6 Å². The van der Waals surface area contributed by atoms with Crippen LogP contribution in [0.25, 0.3) is 10.9 Å². The molecule has 0 spiro atoms. The Kier molecular flexibility index (Phi) is 5.07. The number of aryl methyl sites for hydroxylation is 1. The standard InChI is InChI=1S/C21H22N2O3/c1-4-23-13-18(20(24)17-12-16(26-3)10-11-19(17)23)21(25)22-14(2)15-8-6-5-7-9-15/h5-14H,4H2,1-3H3,(H,22,25). The molecular formula is C21H22N2O3. The van der Waals surface area contributed by atoms with Gasteiger partial charge in [-0.15, -0.1) is 0 Å². The Morgan fingerprint density at radius 3 is 2.58 bits per heavy atom. The van der Waals surface area contributed by atoms with Crippen molar-refractivity contribution in [3.63, 3.8) is 0 Å². The number of ether oxygens (including phenoxy) is 1. The lowest BCUT2D eigenvalue weighted by molar-refractivity contribution is 0.0938. The minimum atomic E-state index is -0.377. The molecule has 5 nitrogen and oxygen atoms in total. The summed E-state index contributed by atoms with van der Waals surface area (Å²) in [5, 5.41) is 3.39. The quantitative estimate of drug-likeness (QED) is 0.766. The number of hydrogen-bond acceptors (Lipinski definition) is 3. The van der Waals surface area contributed by atoms with Crippen LogP contribution in [-0.4, -0.2) is 17.6 Å². The first-order valence-corrected chi connectivity index (χ1v) is 8.62. The Labute approximate surface area is 152 Å². The summed E-state index contributed by atoms with van der Waals surface area (Å²) in [5.41, 5.74) is 1.61. The first-order valence-electron chi connectivity index (χ1n) is 8.62. The fraction of sp³-hybridized carbons (Fsp3) is 0.238. The number of pyridine rings is 1. The van der Waals surface area contributed by atoms with Crippen LogP contribution in [0, 0.1) is 0 Å². The number of aromatic nitrogens is 1. The maximum atomic E-state index is 12.9. The van der Waals surface area contributed by atoms with Gasteiger partial charge < -0.3 is 14.6 Å².